The molecule has 3 nitrogen and oxygen atoms in total. The van der Waals surface area contributed by atoms with Gasteiger partial charge in [-0.1, -0.05) is 36.0 Å². The van der Waals surface area contributed by atoms with Crippen molar-refractivity contribution in [2.45, 2.75) is 0 Å². The molecule has 0 saturated heterocycles. The minimum atomic E-state index is 0.544. The van der Waals surface area contributed by atoms with Crippen LogP contribution in [0.3, 0.4) is 0 Å². The summed E-state index contributed by atoms with van der Waals surface area (Å²) >= 11 is 11.2. The third-order valence-electron chi connectivity index (χ3n) is 2.44. The van der Waals surface area contributed by atoms with Crippen LogP contribution in [0.15, 0.2) is 41.1 Å². The van der Waals surface area contributed by atoms with Gasteiger partial charge in [0.25, 0.3) is 0 Å². The van der Waals surface area contributed by atoms with Gasteiger partial charge in [-0.15, -0.1) is 0 Å². The summed E-state index contributed by atoms with van der Waals surface area (Å²) in [5.41, 5.74) is 1.28. The first-order chi connectivity index (χ1) is 8.25. The molecule has 1 aromatic carbocycles. The number of fused-ring (bicyclic) bond motifs is 1. The molecule has 0 aliphatic heterocycles. The Bertz CT molecular complexity index is 747. The van der Waals surface area contributed by atoms with Crippen LogP contribution in [-0.2, 0) is 0 Å². The first-order valence-corrected chi connectivity index (χ1v) is 5.76. The molecule has 2 aromatic heterocycles. The number of halogens is 1. The molecule has 0 atom stereocenters. The topological polar surface area (TPSA) is 41.8 Å². The Morgan fingerprint density at radius 1 is 1.35 bits per heavy atom. The number of hydrogen-bond acceptors (Lipinski definition) is 3. The van der Waals surface area contributed by atoms with E-state index in [4.69, 9.17) is 28.2 Å². The molecular weight excluding hydrogens is 256 g/mol. The molecular formula is C12H7ClN2OS. The second-order valence-corrected chi connectivity index (χ2v) is 4.35. The molecule has 5 heteroatoms. The maximum absolute atomic E-state index is 6.05. The summed E-state index contributed by atoms with van der Waals surface area (Å²) in [6.07, 6.45) is 3.32. The molecule has 3 aromatic rings. The standard InChI is InChI=1S/C12H7ClN2OS/c13-8-3-1-2-7-6-9(16-11(7)8)10-12(17)15-5-4-14-10/h1-6H,(H,15,17). The molecule has 0 aliphatic carbocycles. The SMILES string of the molecule is S=c1[nH]ccnc1-c1cc2cccc(Cl)c2o1. The molecule has 0 amide bonds. The van der Waals surface area contributed by atoms with Crippen LogP contribution in [0.5, 0.6) is 0 Å². The zero-order valence-electron chi connectivity index (χ0n) is 8.61. The van der Waals surface area contributed by atoms with Crippen LogP contribution in [0.25, 0.3) is 22.4 Å². The summed E-state index contributed by atoms with van der Waals surface area (Å²) < 4.78 is 6.23. The quantitative estimate of drug-likeness (QED) is 0.668. The van der Waals surface area contributed by atoms with E-state index in [1.807, 2.05) is 18.2 Å². The van der Waals surface area contributed by atoms with Crippen LogP contribution < -0.4 is 0 Å². The van der Waals surface area contributed by atoms with Crippen molar-refractivity contribution in [1.29, 1.82) is 0 Å². The maximum atomic E-state index is 6.05. The summed E-state index contributed by atoms with van der Waals surface area (Å²) in [4.78, 5) is 7.12. The van der Waals surface area contributed by atoms with Gasteiger partial charge in [0, 0.05) is 17.8 Å². The van der Waals surface area contributed by atoms with Gasteiger partial charge in [0.2, 0.25) is 0 Å². The smallest absolute Gasteiger partial charge is 0.156 e. The average Bonchev–Trinajstić information content (AvgIpc) is 2.75. The number of rotatable bonds is 1. The highest BCUT2D eigenvalue weighted by Crippen LogP contribution is 2.31. The van der Waals surface area contributed by atoms with E-state index in [0.717, 1.165) is 5.39 Å². The predicted molar refractivity (Wildman–Crippen MR) is 69.6 cm³/mol. The molecule has 2 heterocycles. The molecule has 1 N–H and O–H groups in total. The Kier molecular flexibility index (Phi) is 2.46. The van der Waals surface area contributed by atoms with Crippen molar-refractivity contribution in [3.8, 4) is 11.5 Å². The van der Waals surface area contributed by atoms with Gasteiger partial charge in [-0.25, -0.2) is 4.98 Å². The van der Waals surface area contributed by atoms with Gasteiger partial charge in [0.1, 0.15) is 10.3 Å². The number of nitrogens with one attached hydrogen (secondary N) is 1. The van der Waals surface area contributed by atoms with E-state index in [0.29, 0.717) is 26.7 Å². The summed E-state index contributed by atoms with van der Waals surface area (Å²) in [5, 5.41) is 1.52. The number of aromatic nitrogens is 2. The zero-order chi connectivity index (χ0) is 11.8. The molecule has 0 radical (unpaired) electrons. The van der Waals surface area contributed by atoms with Gasteiger partial charge >= 0.3 is 0 Å². The van der Waals surface area contributed by atoms with E-state index in [1.54, 1.807) is 18.5 Å². The monoisotopic (exact) mass is 262 g/mol. The summed E-state index contributed by atoms with van der Waals surface area (Å²) in [7, 11) is 0. The van der Waals surface area contributed by atoms with E-state index < -0.39 is 0 Å². The molecule has 0 bridgehead atoms. The van der Waals surface area contributed by atoms with E-state index in [9.17, 15) is 0 Å². The maximum Gasteiger partial charge on any atom is 0.156 e. The van der Waals surface area contributed by atoms with Crippen LogP contribution in [-0.4, -0.2) is 9.97 Å². The molecule has 17 heavy (non-hydrogen) atoms. The van der Waals surface area contributed by atoms with Crippen molar-refractivity contribution in [2.75, 3.05) is 0 Å². The summed E-state index contributed by atoms with van der Waals surface area (Å²) in [5.74, 6) is 0.620. The Labute approximate surface area is 107 Å². The average molecular weight is 263 g/mol. The van der Waals surface area contributed by atoms with Crippen molar-refractivity contribution < 1.29 is 4.42 Å². The lowest BCUT2D eigenvalue weighted by atomic mass is 10.2. The van der Waals surface area contributed by atoms with Gasteiger partial charge in [-0.3, -0.25) is 0 Å². The van der Waals surface area contributed by atoms with Crippen LogP contribution in [0.1, 0.15) is 0 Å². The largest absolute Gasteiger partial charge is 0.453 e. The molecule has 0 spiro atoms. The van der Waals surface area contributed by atoms with Gasteiger partial charge in [-0.05, 0) is 12.1 Å². The van der Waals surface area contributed by atoms with Gasteiger partial charge < -0.3 is 9.40 Å². The number of aromatic amines is 1. The van der Waals surface area contributed by atoms with Gasteiger partial charge in [0.05, 0.1) is 5.02 Å². The summed E-state index contributed by atoms with van der Waals surface area (Å²) in [6.45, 7) is 0. The first-order valence-electron chi connectivity index (χ1n) is 4.98. The number of furan rings is 1. The predicted octanol–water partition coefficient (Wildman–Crippen LogP) is 4.21. The minimum Gasteiger partial charge on any atom is -0.453 e. The van der Waals surface area contributed by atoms with Crippen molar-refractivity contribution >= 4 is 34.8 Å². The fourth-order valence-electron chi connectivity index (χ4n) is 1.67. The molecule has 3 rings (SSSR count). The number of para-hydroxylation sites is 1. The van der Waals surface area contributed by atoms with Crippen LogP contribution in [0, 0.1) is 4.64 Å². The van der Waals surface area contributed by atoms with Crippen molar-refractivity contribution in [3.63, 3.8) is 0 Å². The highest BCUT2D eigenvalue weighted by Gasteiger charge is 2.10. The highest BCUT2D eigenvalue weighted by molar-refractivity contribution is 7.71. The fraction of sp³-hybridized carbons (Fsp3) is 0. The van der Waals surface area contributed by atoms with Crippen LogP contribution in [0.4, 0.5) is 0 Å². The van der Waals surface area contributed by atoms with Crippen LogP contribution >= 0.6 is 23.8 Å². The lowest BCUT2D eigenvalue weighted by Gasteiger charge is -1.94. The lowest BCUT2D eigenvalue weighted by molar-refractivity contribution is 0.628. The molecule has 0 aliphatic rings. The number of benzene rings is 1. The van der Waals surface area contributed by atoms with Crippen molar-refractivity contribution in [3.05, 3.63) is 46.3 Å². The number of H-pyrrole nitrogens is 1. The second kappa shape index (κ2) is 3.98. The second-order valence-electron chi connectivity index (χ2n) is 3.54. The first kappa shape index (κ1) is 10.5. The Hall–Kier alpha value is -1.65. The Balaban J connectivity index is 2.30. The molecule has 0 saturated carbocycles. The highest BCUT2D eigenvalue weighted by atomic mass is 35.5. The van der Waals surface area contributed by atoms with Crippen LogP contribution in [0.2, 0.25) is 5.02 Å². The lowest BCUT2D eigenvalue weighted by Crippen LogP contribution is -1.84. The van der Waals surface area contributed by atoms with Gasteiger partial charge in [0.15, 0.2) is 11.3 Å². The van der Waals surface area contributed by atoms with E-state index in [-0.39, 0.29) is 0 Å². The Morgan fingerprint density at radius 2 is 2.24 bits per heavy atom. The van der Waals surface area contributed by atoms with E-state index in [2.05, 4.69) is 9.97 Å². The summed E-state index contributed by atoms with van der Waals surface area (Å²) in [6, 6.07) is 7.48. The Morgan fingerprint density at radius 3 is 3.00 bits per heavy atom. The third-order valence-corrected chi connectivity index (χ3v) is 3.05. The molecule has 84 valence electrons. The normalized spacial score (nSPS) is 10.9. The third kappa shape index (κ3) is 1.75. The van der Waals surface area contributed by atoms with E-state index in [1.165, 1.54) is 0 Å². The van der Waals surface area contributed by atoms with E-state index >= 15 is 0 Å². The molecule has 0 fully saturated rings. The number of hydrogen-bond donors (Lipinski definition) is 1. The van der Waals surface area contributed by atoms with Gasteiger partial charge in [-0.2, -0.15) is 0 Å². The van der Waals surface area contributed by atoms with Crippen molar-refractivity contribution in [2.24, 2.45) is 0 Å². The number of nitrogens with zero attached hydrogens (tertiary/aromatic N) is 1. The zero-order valence-corrected chi connectivity index (χ0v) is 10.2. The minimum absolute atomic E-state index is 0.544. The fourth-order valence-corrected chi connectivity index (χ4v) is 2.11. The molecule has 0 unspecified atom stereocenters. The van der Waals surface area contributed by atoms with Crippen molar-refractivity contribution in [1.82, 2.24) is 9.97 Å².